The molecule has 0 aromatic rings. The van der Waals surface area contributed by atoms with Gasteiger partial charge in [-0.2, -0.15) is 0 Å². The van der Waals surface area contributed by atoms with Crippen LogP contribution in [0.3, 0.4) is 0 Å². The first kappa shape index (κ1) is 14.0. The monoisotopic (exact) mass is 227 g/mol. The van der Waals surface area contributed by atoms with Gasteiger partial charge in [0.2, 0.25) is 0 Å². The Morgan fingerprint density at radius 3 is 2.31 bits per heavy atom. The second-order valence-corrected chi connectivity index (χ2v) is 5.73. The molecule has 0 radical (unpaired) electrons. The molecule has 2 heteroatoms. The molecule has 0 aromatic heterocycles. The summed E-state index contributed by atoms with van der Waals surface area (Å²) in [6, 6.07) is 0.744. The molecule has 1 aliphatic carbocycles. The third-order valence-corrected chi connectivity index (χ3v) is 3.51. The maximum atomic E-state index is 9.95. The van der Waals surface area contributed by atoms with Crippen LogP contribution >= 0.6 is 0 Å². The summed E-state index contributed by atoms with van der Waals surface area (Å²) in [5, 5.41) is 9.95. The molecule has 96 valence electrons. The van der Waals surface area contributed by atoms with Crippen LogP contribution in [0.4, 0.5) is 0 Å². The fourth-order valence-electron chi connectivity index (χ4n) is 2.81. The lowest BCUT2D eigenvalue weighted by Crippen LogP contribution is -2.41. The highest BCUT2D eigenvalue weighted by Gasteiger charge is 2.24. The van der Waals surface area contributed by atoms with Gasteiger partial charge in [0.15, 0.2) is 0 Å². The maximum absolute atomic E-state index is 9.95. The molecule has 2 nitrogen and oxygen atoms in total. The highest BCUT2D eigenvalue weighted by atomic mass is 16.3. The fraction of sp³-hybridized carbons (Fsp3) is 1.00. The topological polar surface area (TPSA) is 23.5 Å². The van der Waals surface area contributed by atoms with Crippen LogP contribution in [0.25, 0.3) is 0 Å². The molecule has 1 unspecified atom stereocenters. The van der Waals surface area contributed by atoms with E-state index in [9.17, 15) is 5.11 Å². The van der Waals surface area contributed by atoms with Crippen LogP contribution < -0.4 is 0 Å². The molecule has 0 spiro atoms. The van der Waals surface area contributed by atoms with Gasteiger partial charge in [-0.25, -0.2) is 0 Å². The highest BCUT2D eigenvalue weighted by molar-refractivity contribution is 4.79. The molecule has 0 aliphatic heterocycles. The number of nitrogens with zero attached hydrogens (tertiary/aromatic N) is 1. The van der Waals surface area contributed by atoms with Crippen LogP contribution in [-0.4, -0.2) is 35.2 Å². The standard InChI is InChI=1S/C14H29NO/c1-4-7-14(16)11-15(10-12(2)3)13-8-5-6-9-13/h12-14,16H,4-11H2,1-3H3. The summed E-state index contributed by atoms with van der Waals surface area (Å²) in [6.45, 7) is 8.72. The largest absolute Gasteiger partial charge is 0.392 e. The lowest BCUT2D eigenvalue weighted by Gasteiger charge is -2.32. The fourth-order valence-corrected chi connectivity index (χ4v) is 2.81. The van der Waals surface area contributed by atoms with Gasteiger partial charge in [-0.1, -0.05) is 40.0 Å². The Bertz CT molecular complexity index is 176. The van der Waals surface area contributed by atoms with Crippen molar-refractivity contribution >= 4 is 0 Å². The molecule has 1 fully saturated rings. The number of aliphatic hydroxyl groups is 1. The molecule has 0 saturated heterocycles. The van der Waals surface area contributed by atoms with Crippen molar-refractivity contribution in [2.45, 2.75) is 71.4 Å². The van der Waals surface area contributed by atoms with Gasteiger partial charge in [0.25, 0.3) is 0 Å². The van der Waals surface area contributed by atoms with Gasteiger partial charge < -0.3 is 5.11 Å². The first-order chi connectivity index (χ1) is 7.63. The van der Waals surface area contributed by atoms with E-state index in [2.05, 4.69) is 25.7 Å². The lowest BCUT2D eigenvalue weighted by atomic mass is 10.1. The molecule has 1 rings (SSSR count). The lowest BCUT2D eigenvalue weighted by molar-refractivity contribution is 0.0742. The Morgan fingerprint density at radius 1 is 1.19 bits per heavy atom. The Kier molecular flexibility index (Phi) is 6.37. The zero-order chi connectivity index (χ0) is 12.0. The first-order valence-corrected chi connectivity index (χ1v) is 7.05. The molecule has 16 heavy (non-hydrogen) atoms. The third-order valence-electron chi connectivity index (χ3n) is 3.51. The third kappa shape index (κ3) is 4.84. The SMILES string of the molecule is CCCC(O)CN(CC(C)C)C1CCCC1. The van der Waals surface area contributed by atoms with Gasteiger partial charge in [0.1, 0.15) is 0 Å². The van der Waals surface area contributed by atoms with E-state index in [1.165, 1.54) is 25.7 Å². The molecular weight excluding hydrogens is 198 g/mol. The van der Waals surface area contributed by atoms with Crippen molar-refractivity contribution in [3.63, 3.8) is 0 Å². The summed E-state index contributed by atoms with van der Waals surface area (Å²) in [7, 11) is 0. The van der Waals surface area contributed by atoms with Gasteiger partial charge >= 0.3 is 0 Å². The van der Waals surface area contributed by atoms with E-state index >= 15 is 0 Å². The zero-order valence-corrected chi connectivity index (χ0v) is 11.3. The summed E-state index contributed by atoms with van der Waals surface area (Å²) in [4.78, 5) is 2.54. The van der Waals surface area contributed by atoms with Gasteiger partial charge in [0.05, 0.1) is 6.10 Å². The minimum atomic E-state index is -0.121. The first-order valence-electron chi connectivity index (χ1n) is 7.05. The van der Waals surface area contributed by atoms with Crippen LogP contribution in [0, 0.1) is 5.92 Å². The maximum Gasteiger partial charge on any atom is 0.0667 e. The predicted octanol–water partition coefficient (Wildman–Crippen LogP) is 3.05. The van der Waals surface area contributed by atoms with Gasteiger partial charge in [-0.3, -0.25) is 4.90 Å². The van der Waals surface area contributed by atoms with Gasteiger partial charge in [-0.05, 0) is 25.2 Å². The molecule has 1 aliphatic rings. The number of hydrogen-bond acceptors (Lipinski definition) is 2. The van der Waals surface area contributed by atoms with Crippen LogP contribution in [-0.2, 0) is 0 Å². The molecule has 0 amide bonds. The van der Waals surface area contributed by atoms with Crippen LogP contribution in [0.2, 0.25) is 0 Å². The number of rotatable bonds is 7. The summed E-state index contributed by atoms with van der Waals surface area (Å²) in [5.74, 6) is 0.703. The molecule has 1 atom stereocenters. The smallest absolute Gasteiger partial charge is 0.0667 e. The van der Waals surface area contributed by atoms with Crippen molar-refractivity contribution in [2.75, 3.05) is 13.1 Å². The Hall–Kier alpha value is -0.0800. The number of aliphatic hydroxyl groups excluding tert-OH is 1. The summed E-state index contributed by atoms with van der Waals surface area (Å²) in [5.41, 5.74) is 0. The second-order valence-electron chi connectivity index (χ2n) is 5.73. The Morgan fingerprint density at radius 2 is 1.81 bits per heavy atom. The molecule has 1 saturated carbocycles. The molecule has 1 N–H and O–H groups in total. The Balaban J connectivity index is 2.42. The molecule has 0 aromatic carbocycles. The van der Waals surface area contributed by atoms with Crippen molar-refractivity contribution in [2.24, 2.45) is 5.92 Å². The highest BCUT2D eigenvalue weighted by Crippen LogP contribution is 2.24. The zero-order valence-electron chi connectivity index (χ0n) is 11.3. The van der Waals surface area contributed by atoms with E-state index in [-0.39, 0.29) is 6.10 Å². The number of hydrogen-bond donors (Lipinski definition) is 1. The van der Waals surface area contributed by atoms with Crippen LogP contribution in [0.5, 0.6) is 0 Å². The Labute approximate surface area is 101 Å². The molecule has 0 bridgehead atoms. The average molecular weight is 227 g/mol. The average Bonchev–Trinajstić information content (AvgIpc) is 2.68. The minimum absolute atomic E-state index is 0.121. The van der Waals surface area contributed by atoms with Crippen molar-refractivity contribution in [3.8, 4) is 0 Å². The van der Waals surface area contributed by atoms with E-state index < -0.39 is 0 Å². The molecule has 0 heterocycles. The summed E-state index contributed by atoms with van der Waals surface area (Å²) >= 11 is 0. The second kappa shape index (κ2) is 7.29. The molecular formula is C14H29NO. The van der Waals surface area contributed by atoms with E-state index in [0.717, 1.165) is 32.0 Å². The summed E-state index contributed by atoms with van der Waals surface area (Å²) < 4.78 is 0. The van der Waals surface area contributed by atoms with Crippen molar-refractivity contribution in [1.29, 1.82) is 0 Å². The van der Waals surface area contributed by atoms with E-state index in [0.29, 0.717) is 5.92 Å². The van der Waals surface area contributed by atoms with E-state index in [4.69, 9.17) is 0 Å². The summed E-state index contributed by atoms with van der Waals surface area (Å²) in [6.07, 6.45) is 7.34. The van der Waals surface area contributed by atoms with Crippen molar-refractivity contribution in [3.05, 3.63) is 0 Å². The quantitative estimate of drug-likeness (QED) is 0.722. The van der Waals surface area contributed by atoms with Crippen LogP contribution in [0.15, 0.2) is 0 Å². The van der Waals surface area contributed by atoms with Crippen molar-refractivity contribution < 1.29 is 5.11 Å². The van der Waals surface area contributed by atoms with Gasteiger partial charge in [0, 0.05) is 19.1 Å². The normalized spacial score (nSPS) is 19.9. The van der Waals surface area contributed by atoms with Crippen LogP contribution in [0.1, 0.15) is 59.3 Å². The van der Waals surface area contributed by atoms with Gasteiger partial charge in [-0.15, -0.1) is 0 Å². The van der Waals surface area contributed by atoms with E-state index in [1.807, 2.05) is 0 Å². The minimum Gasteiger partial charge on any atom is -0.392 e. The van der Waals surface area contributed by atoms with Crippen molar-refractivity contribution in [1.82, 2.24) is 4.90 Å². The van der Waals surface area contributed by atoms with E-state index in [1.54, 1.807) is 0 Å². The predicted molar refractivity (Wildman–Crippen MR) is 69.6 cm³/mol.